The van der Waals surface area contributed by atoms with Crippen LogP contribution in [0.4, 0.5) is 0 Å². The topological polar surface area (TPSA) is 91.3 Å². The van der Waals surface area contributed by atoms with E-state index in [9.17, 15) is 9.59 Å². The van der Waals surface area contributed by atoms with E-state index in [1.165, 1.54) is 19.4 Å². The summed E-state index contributed by atoms with van der Waals surface area (Å²) in [6.45, 7) is 1.58. The second-order valence-corrected chi connectivity index (χ2v) is 4.05. The van der Waals surface area contributed by atoms with E-state index in [0.717, 1.165) is 0 Å². The summed E-state index contributed by atoms with van der Waals surface area (Å²) in [4.78, 5) is 27.2. The molecule has 1 unspecified atom stereocenters. The molecule has 6 heteroatoms. The van der Waals surface area contributed by atoms with E-state index in [4.69, 9.17) is 5.11 Å². The maximum atomic E-state index is 11.9. The monoisotopic (exact) mass is 275 g/mol. The first-order valence-electron chi connectivity index (χ1n) is 6.15. The molecule has 0 aliphatic carbocycles. The van der Waals surface area contributed by atoms with Gasteiger partial charge in [0.05, 0.1) is 12.2 Å². The number of likely N-dealkylation sites (N-methyl/N-ethyl adjacent to an activating group) is 1. The number of hydrogen-bond donors (Lipinski definition) is 3. The van der Waals surface area contributed by atoms with Crippen molar-refractivity contribution < 1.29 is 14.7 Å². The number of carbonyl (C=O) groups is 2. The highest BCUT2D eigenvalue weighted by molar-refractivity contribution is 5.97. The van der Waals surface area contributed by atoms with Gasteiger partial charge in [0.2, 0.25) is 5.91 Å². The minimum atomic E-state index is -0.628. The molecule has 0 radical (unpaired) electrons. The molecule has 1 atom stereocenters. The van der Waals surface area contributed by atoms with E-state index in [-0.39, 0.29) is 18.4 Å². The van der Waals surface area contributed by atoms with Crippen LogP contribution in [0.5, 0.6) is 0 Å². The average molecular weight is 275 g/mol. The summed E-state index contributed by atoms with van der Waals surface area (Å²) in [6.07, 6.45) is 3.30. The van der Waals surface area contributed by atoms with Crippen LogP contribution in [-0.4, -0.2) is 41.6 Å². The molecule has 20 heavy (non-hydrogen) atoms. The fourth-order valence-corrected chi connectivity index (χ4v) is 1.41. The molecule has 1 aromatic rings. The Labute approximate surface area is 117 Å². The molecule has 1 rings (SSSR count). The first-order chi connectivity index (χ1) is 9.58. The lowest BCUT2D eigenvalue weighted by Crippen LogP contribution is -2.43. The lowest BCUT2D eigenvalue weighted by atomic mass is 10.2. The summed E-state index contributed by atoms with van der Waals surface area (Å²) in [6, 6.07) is 0.958. The van der Waals surface area contributed by atoms with Gasteiger partial charge < -0.3 is 15.7 Å². The normalized spacial score (nSPS) is 10.9. The van der Waals surface area contributed by atoms with Crippen LogP contribution in [0.1, 0.15) is 29.3 Å². The number of amides is 2. The van der Waals surface area contributed by atoms with Crippen LogP contribution in [0.2, 0.25) is 0 Å². The minimum absolute atomic E-state index is 0.00967. The molecule has 0 fully saturated rings. The predicted octanol–water partition coefficient (Wildman–Crippen LogP) is -0.320. The molecule has 1 aromatic heterocycles. The maximum absolute atomic E-state index is 11.9. The zero-order valence-corrected chi connectivity index (χ0v) is 11.4. The second-order valence-electron chi connectivity index (χ2n) is 4.05. The standard InChI is InChI=1S/C14H17N3O3/c1-10(13(19)15-2)17-14(20)12-7-11(8-16-9-12)5-3-4-6-18/h7-10,18H,4,6H2,1-2H3,(H,15,19)(H,17,20). The van der Waals surface area contributed by atoms with Crippen LogP contribution >= 0.6 is 0 Å². The van der Waals surface area contributed by atoms with Crippen molar-refractivity contribution in [3.8, 4) is 11.8 Å². The smallest absolute Gasteiger partial charge is 0.253 e. The van der Waals surface area contributed by atoms with Gasteiger partial charge in [-0.2, -0.15) is 0 Å². The summed E-state index contributed by atoms with van der Waals surface area (Å²) < 4.78 is 0. The number of aliphatic hydroxyl groups is 1. The molecule has 0 aliphatic heterocycles. The highest BCUT2D eigenvalue weighted by atomic mass is 16.2. The Bertz CT molecular complexity index is 546. The number of hydrogen-bond acceptors (Lipinski definition) is 4. The molecular weight excluding hydrogens is 258 g/mol. The first kappa shape index (κ1) is 15.7. The molecule has 6 nitrogen and oxygen atoms in total. The van der Waals surface area contributed by atoms with E-state index in [0.29, 0.717) is 17.5 Å². The van der Waals surface area contributed by atoms with E-state index < -0.39 is 6.04 Å². The number of carbonyl (C=O) groups excluding carboxylic acids is 2. The van der Waals surface area contributed by atoms with Gasteiger partial charge >= 0.3 is 0 Å². The summed E-state index contributed by atoms with van der Waals surface area (Å²) >= 11 is 0. The van der Waals surface area contributed by atoms with Crippen LogP contribution in [0, 0.1) is 11.8 Å². The van der Waals surface area contributed by atoms with Crippen LogP contribution in [-0.2, 0) is 4.79 Å². The molecular formula is C14H17N3O3. The molecule has 3 N–H and O–H groups in total. The third-order valence-corrected chi connectivity index (χ3v) is 2.46. The quantitative estimate of drug-likeness (QED) is 0.657. The molecule has 0 aromatic carbocycles. The second kappa shape index (κ2) is 7.92. The van der Waals surface area contributed by atoms with Crippen molar-refractivity contribution in [1.82, 2.24) is 15.6 Å². The fraction of sp³-hybridized carbons (Fsp3) is 0.357. The van der Waals surface area contributed by atoms with E-state index in [1.54, 1.807) is 13.0 Å². The van der Waals surface area contributed by atoms with Crippen LogP contribution in [0.15, 0.2) is 18.5 Å². The number of aromatic nitrogens is 1. The van der Waals surface area contributed by atoms with Gasteiger partial charge in [-0.3, -0.25) is 14.6 Å². The number of nitrogens with zero attached hydrogens (tertiary/aromatic N) is 1. The molecule has 0 spiro atoms. The first-order valence-corrected chi connectivity index (χ1v) is 6.15. The van der Waals surface area contributed by atoms with Crippen molar-refractivity contribution in [3.63, 3.8) is 0 Å². The van der Waals surface area contributed by atoms with Crippen LogP contribution in [0.25, 0.3) is 0 Å². The predicted molar refractivity (Wildman–Crippen MR) is 73.8 cm³/mol. The SMILES string of the molecule is CNC(=O)C(C)NC(=O)c1cncc(C#CCCO)c1. The zero-order chi connectivity index (χ0) is 15.0. The highest BCUT2D eigenvalue weighted by Gasteiger charge is 2.15. The van der Waals surface area contributed by atoms with Gasteiger partial charge in [-0.05, 0) is 13.0 Å². The Morgan fingerprint density at radius 3 is 2.85 bits per heavy atom. The molecule has 0 bridgehead atoms. The van der Waals surface area contributed by atoms with Gasteiger partial charge in [-0.1, -0.05) is 11.8 Å². The molecule has 0 aliphatic rings. The molecule has 106 valence electrons. The average Bonchev–Trinajstić information content (AvgIpc) is 2.46. The largest absolute Gasteiger partial charge is 0.395 e. The van der Waals surface area contributed by atoms with Crippen molar-refractivity contribution in [2.75, 3.05) is 13.7 Å². The number of nitrogens with one attached hydrogen (secondary N) is 2. The van der Waals surface area contributed by atoms with Crippen molar-refractivity contribution in [2.45, 2.75) is 19.4 Å². The Morgan fingerprint density at radius 2 is 2.20 bits per heavy atom. The maximum Gasteiger partial charge on any atom is 0.253 e. The van der Waals surface area contributed by atoms with Crippen molar-refractivity contribution in [1.29, 1.82) is 0 Å². The van der Waals surface area contributed by atoms with Crippen LogP contribution in [0.3, 0.4) is 0 Å². The number of aliphatic hydroxyl groups excluding tert-OH is 1. The van der Waals surface area contributed by atoms with Gasteiger partial charge in [-0.25, -0.2) is 0 Å². The summed E-state index contributed by atoms with van der Waals surface area (Å²) in [7, 11) is 1.50. The number of pyridine rings is 1. The van der Waals surface area contributed by atoms with Crippen molar-refractivity contribution >= 4 is 11.8 Å². The lowest BCUT2D eigenvalue weighted by Gasteiger charge is -2.12. The minimum Gasteiger partial charge on any atom is -0.395 e. The van der Waals surface area contributed by atoms with E-state index >= 15 is 0 Å². The summed E-state index contributed by atoms with van der Waals surface area (Å²) in [5.41, 5.74) is 0.912. The summed E-state index contributed by atoms with van der Waals surface area (Å²) in [5.74, 6) is 4.88. The molecule has 0 saturated heterocycles. The Morgan fingerprint density at radius 1 is 1.45 bits per heavy atom. The molecule has 0 saturated carbocycles. The highest BCUT2D eigenvalue weighted by Crippen LogP contribution is 2.02. The lowest BCUT2D eigenvalue weighted by molar-refractivity contribution is -0.122. The van der Waals surface area contributed by atoms with Gasteiger partial charge in [0.25, 0.3) is 5.91 Å². The summed E-state index contributed by atoms with van der Waals surface area (Å²) in [5, 5.41) is 13.7. The van der Waals surface area contributed by atoms with E-state index in [2.05, 4.69) is 27.5 Å². The zero-order valence-electron chi connectivity index (χ0n) is 11.4. The van der Waals surface area contributed by atoms with Crippen molar-refractivity contribution in [3.05, 3.63) is 29.6 Å². The number of rotatable bonds is 4. The molecule has 1 heterocycles. The van der Waals surface area contributed by atoms with Gasteiger partial charge in [0, 0.05) is 31.4 Å². The van der Waals surface area contributed by atoms with Gasteiger partial charge in [0.1, 0.15) is 6.04 Å². The van der Waals surface area contributed by atoms with Crippen LogP contribution < -0.4 is 10.6 Å². The Kier molecular flexibility index (Phi) is 6.20. The van der Waals surface area contributed by atoms with Crippen molar-refractivity contribution in [2.24, 2.45) is 0 Å². The molecule has 2 amide bonds. The Balaban J connectivity index is 2.77. The fourth-order valence-electron chi connectivity index (χ4n) is 1.41. The Hall–Kier alpha value is -2.39. The third-order valence-electron chi connectivity index (χ3n) is 2.46. The van der Waals surface area contributed by atoms with Gasteiger partial charge in [-0.15, -0.1) is 0 Å². The van der Waals surface area contributed by atoms with Gasteiger partial charge in [0.15, 0.2) is 0 Å². The van der Waals surface area contributed by atoms with E-state index in [1.807, 2.05) is 0 Å². The third kappa shape index (κ3) is 4.71.